The van der Waals surface area contributed by atoms with E-state index in [0.29, 0.717) is 5.69 Å². The molecule has 0 amide bonds. The van der Waals surface area contributed by atoms with Gasteiger partial charge in [0.2, 0.25) is 15.8 Å². The van der Waals surface area contributed by atoms with E-state index >= 15 is 0 Å². The number of anilines is 1. The number of hydrogen-bond acceptors (Lipinski definition) is 6. The van der Waals surface area contributed by atoms with Gasteiger partial charge in [-0.25, -0.2) is 18.4 Å². The van der Waals surface area contributed by atoms with Gasteiger partial charge in [-0.15, -0.1) is 0 Å². The predicted octanol–water partition coefficient (Wildman–Crippen LogP) is 3.00. The van der Waals surface area contributed by atoms with Gasteiger partial charge < -0.3 is 5.32 Å². The minimum Gasteiger partial charge on any atom is -0.329 e. The van der Waals surface area contributed by atoms with Crippen molar-refractivity contribution in [3.63, 3.8) is 0 Å². The number of nitrogens with one attached hydrogen (secondary N) is 1. The van der Waals surface area contributed by atoms with Crippen LogP contribution in [0.1, 0.15) is 11.3 Å². The average Bonchev–Trinajstić information content (AvgIpc) is 2.47. The van der Waals surface area contributed by atoms with E-state index in [4.69, 9.17) is 16.9 Å². The quantitative estimate of drug-likeness (QED) is 0.674. The Morgan fingerprint density at radius 3 is 2.48 bits per heavy atom. The highest BCUT2D eigenvalue weighted by Crippen LogP contribution is 2.19. The summed E-state index contributed by atoms with van der Waals surface area (Å²) in [6, 6.07) is 9.48. The van der Waals surface area contributed by atoms with Crippen molar-refractivity contribution in [2.45, 2.75) is 18.7 Å². The van der Waals surface area contributed by atoms with Crippen LogP contribution in [0.25, 0.3) is 0 Å². The van der Waals surface area contributed by atoms with E-state index in [9.17, 15) is 8.42 Å². The van der Waals surface area contributed by atoms with Crippen LogP contribution >= 0.6 is 11.6 Å². The summed E-state index contributed by atoms with van der Waals surface area (Å²) >= 11 is 5.80. The highest BCUT2D eigenvalue weighted by molar-refractivity contribution is 7.95. The first-order valence-corrected chi connectivity index (χ1v) is 8.39. The molecule has 8 heteroatoms. The van der Waals surface area contributed by atoms with Crippen LogP contribution in [-0.2, 0) is 9.84 Å². The fourth-order valence-corrected chi connectivity index (χ4v) is 3.06. The number of hydrogen-bond donors (Lipinski definition) is 1. The second-order valence-electron chi connectivity index (χ2n) is 4.74. The number of allylic oxidation sites excluding steroid dienone is 1. The van der Waals surface area contributed by atoms with Crippen molar-refractivity contribution in [1.29, 1.82) is 5.26 Å². The minimum absolute atomic E-state index is 0.0425. The Balaban J connectivity index is 2.35. The summed E-state index contributed by atoms with van der Waals surface area (Å²) in [6.07, 6.45) is 1.06. The Morgan fingerprint density at radius 1 is 1.26 bits per heavy atom. The zero-order valence-electron chi connectivity index (χ0n) is 12.4. The smallest absolute Gasteiger partial charge is 0.228 e. The number of halogens is 1. The maximum Gasteiger partial charge on any atom is 0.228 e. The fraction of sp³-hybridized carbons (Fsp3) is 0.133. The molecule has 1 N–H and O–H groups in total. The standard InChI is InChI=1S/C15H13ClN4O2S/c1-10-3-5-12(6-4-10)23(21,22)13(8-17)9-18-15-19-11(2)7-14(16)20-15/h3-7,9H,1-2H3,(H,18,19,20). The number of aryl methyl sites for hydroxylation is 2. The van der Waals surface area contributed by atoms with Crippen molar-refractivity contribution in [1.82, 2.24) is 9.97 Å². The molecule has 1 aromatic heterocycles. The average molecular weight is 349 g/mol. The second-order valence-corrected chi connectivity index (χ2v) is 7.04. The predicted molar refractivity (Wildman–Crippen MR) is 87.5 cm³/mol. The van der Waals surface area contributed by atoms with E-state index in [0.717, 1.165) is 11.8 Å². The lowest BCUT2D eigenvalue weighted by Crippen LogP contribution is -2.07. The maximum absolute atomic E-state index is 12.4. The zero-order chi connectivity index (χ0) is 17.0. The van der Waals surface area contributed by atoms with Crippen molar-refractivity contribution in [2.24, 2.45) is 0 Å². The molecule has 0 unspecified atom stereocenters. The maximum atomic E-state index is 12.4. The molecule has 0 aliphatic rings. The summed E-state index contributed by atoms with van der Waals surface area (Å²) in [5.74, 6) is 0.113. The first-order chi connectivity index (χ1) is 10.8. The lowest BCUT2D eigenvalue weighted by atomic mass is 10.2. The molecule has 0 aliphatic heterocycles. The van der Waals surface area contributed by atoms with E-state index in [1.54, 1.807) is 31.2 Å². The summed E-state index contributed by atoms with van der Waals surface area (Å²) in [5, 5.41) is 12.0. The molecule has 6 nitrogen and oxygen atoms in total. The molecule has 0 bridgehead atoms. The molecular weight excluding hydrogens is 336 g/mol. The van der Waals surface area contributed by atoms with Crippen molar-refractivity contribution in [3.05, 3.63) is 57.8 Å². The van der Waals surface area contributed by atoms with Crippen LogP contribution < -0.4 is 5.32 Å². The molecule has 1 aromatic carbocycles. The monoisotopic (exact) mass is 348 g/mol. The van der Waals surface area contributed by atoms with E-state index in [1.165, 1.54) is 12.1 Å². The van der Waals surface area contributed by atoms with Crippen molar-refractivity contribution < 1.29 is 8.42 Å². The van der Waals surface area contributed by atoms with Crippen LogP contribution in [-0.4, -0.2) is 18.4 Å². The zero-order valence-corrected chi connectivity index (χ0v) is 14.0. The van der Waals surface area contributed by atoms with E-state index in [-0.39, 0.29) is 16.0 Å². The molecule has 0 radical (unpaired) electrons. The largest absolute Gasteiger partial charge is 0.329 e. The van der Waals surface area contributed by atoms with Gasteiger partial charge in [-0.3, -0.25) is 0 Å². The molecule has 0 saturated heterocycles. The van der Waals surface area contributed by atoms with Gasteiger partial charge in [-0.1, -0.05) is 29.3 Å². The van der Waals surface area contributed by atoms with Crippen LogP contribution in [0, 0.1) is 25.2 Å². The van der Waals surface area contributed by atoms with E-state index in [2.05, 4.69) is 15.3 Å². The van der Waals surface area contributed by atoms with Crippen LogP contribution in [0.4, 0.5) is 5.95 Å². The molecular formula is C15H13ClN4O2S. The van der Waals surface area contributed by atoms with Crippen LogP contribution in [0.15, 0.2) is 46.3 Å². The molecule has 2 aromatic rings. The topological polar surface area (TPSA) is 95.7 Å². The van der Waals surface area contributed by atoms with Gasteiger partial charge in [0.1, 0.15) is 11.2 Å². The molecule has 0 atom stereocenters. The fourth-order valence-electron chi connectivity index (χ4n) is 1.74. The van der Waals surface area contributed by atoms with Crippen LogP contribution in [0.3, 0.4) is 0 Å². The number of sulfone groups is 1. The van der Waals surface area contributed by atoms with Gasteiger partial charge >= 0.3 is 0 Å². The van der Waals surface area contributed by atoms with Gasteiger partial charge in [-0.05, 0) is 32.0 Å². The number of benzene rings is 1. The van der Waals surface area contributed by atoms with Crippen molar-refractivity contribution in [2.75, 3.05) is 5.32 Å². The minimum atomic E-state index is -3.91. The lowest BCUT2D eigenvalue weighted by Gasteiger charge is -2.05. The number of aromatic nitrogens is 2. The van der Waals surface area contributed by atoms with Gasteiger partial charge in [-0.2, -0.15) is 5.26 Å². The molecule has 118 valence electrons. The summed E-state index contributed by atoms with van der Waals surface area (Å²) in [7, 11) is -3.91. The van der Waals surface area contributed by atoms with E-state index in [1.807, 2.05) is 6.92 Å². The lowest BCUT2D eigenvalue weighted by molar-refractivity contribution is 0.603. The third-order valence-corrected chi connectivity index (χ3v) is 4.76. The Hall–Kier alpha value is -2.43. The summed E-state index contributed by atoms with van der Waals surface area (Å²) in [5.41, 5.74) is 1.54. The van der Waals surface area contributed by atoms with Crippen molar-refractivity contribution in [3.8, 4) is 6.07 Å². The van der Waals surface area contributed by atoms with E-state index < -0.39 is 14.7 Å². The highest BCUT2D eigenvalue weighted by Gasteiger charge is 2.20. The summed E-state index contributed by atoms with van der Waals surface area (Å²) < 4.78 is 24.9. The molecule has 2 rings (SSSR count). The van der Waals surface area contributed by atoms with Gasteiger partial charge in [0.25, 0.3) is 0 Å². The SMILES string of the molecule is Cc1ccc(S(=O)(=O)C(C#N)=CNc2nc(C)cc(Cl)n2)cc1. The number of nitriles is 1. The third kappa shape index (κ3) is 4.06. The Kier molecular flexibility index (Phi) is 4.98. The molecule has 0 saturated carbocycles. The van der Waals surface area contributed by atoms with Gasteiger partial charge in [0.05, 0.1) is 4.90 Å². The third-order valence-electron chi connectivity index (χ3n) is 2.89. The molecule has 0 spiro atoms. The number of nitrogens with zero attached hydrogens (tertiary/aromatic N) is 3. The molecule has 23 heavy (non-hydrogen) atoms. The number of rotatable bonds is 4. The Morgan fingerprint density at radius 2 is 1.91 bits per heavy atom. The normalized spacial score (nSPS) is 11.8. The molecule has 0 aliphatic carbocycles. The Labute approximate surface area is 139 Å². The summed E-state index contributed by atoms with van der Waals surface area (Å²) in [4.78, 5) is 7.55. The second kappa shape index (κ2) is 6.77. The van der Waals surface area contributed by atoms with Crippen molar-refractivity contribution >= 4 is 27.4 Å². The van der Waals surface area contributed by atoms with Gasteiger partial charge in [0.15, 0.2) is 4.91 Å². The first-order valence-electron chi connectivity index (χ1n) is 6.52. The van der Waals surface area contributed by atoms with Gasteiger partial charge in [0, 0.05) is 11.9 Å². The van der Waals surface area contributed by atoms with Crippen LogP contribution in [0.2, 0.25) is 5.15 Å². The highest BCUT2D eigenvalue weighted by atomic mass is 35.5. The first kappa shape index (κ1) is 16.9. The molecule has 0 fully saturated rings. The van der Waals surface area contributed by atoms with Crippen LogP contribution in [0.5, 0.6) is 0 Å². The summed E-state index contributed by atoms with van der Waals surface area (Å²) in [6.45, 7) is 3.56. The molecule has 1 heterocycles. The Bertz CT molecular complexity index is 880.